The lowest BCUT2D eigenvalue weighted by Gasteiger charge is -2.20. The molecule has 0 fully saturated rings. The van der Waals surface area contributed by atoms with Crippen molar-refractivity contribution < 1.29 is 24.1 Å². The summed E-state index contributed by atoms with van der Waals surface area (Å²) >= 11 is 0. The van der Waals surface area contributed by atoms with Crippen LogP contribution in [0, 0.1) is 5.82 Å². The molecule has 2 atom stereocenters. The van der Waals surface area contributed by atoms with Crippen LogP contribution in [0.15, 0.2) is 54.6 Å². The maximum absolute atomic E-state index is 13.6. The number of aliphatic carboxylic acids is 1. The zero-order valence-corrected chi connectivity index (χ0v) is 19.5. The van der Waals surface area contributed by atoms with Gasteiger partial charge in [0.2, 0.25) is 0 Å². The molecule has 0 saturated carbocycles. The molecule has 6 heteroatoms. The first-order valence-electron chi connectivity index (χ1n) is 11.3. The molecule has 1 aromatic heterocycles. The SMILES string of the molecule is CC(C)OC(/C=C/c1c(-c2ccc(F)cc2)c2ccccc2n1C(C)C)CC(O)CC(=O)O. The number of nitrogens with zero attached hydrogens (tertiary/aromatic N) is 1. The third kappa shape index (κ3) is 6.09. The number of para-hydroxylation sites is 1. The van der Waals surface area contributed by atoms with Gasteiger partial charge in [-0.1, -0.05) is 36.4 Å². The number of ether oxygens (including phenoxy) is 1. The van der Waals surface area contributed by atoms with Crippen LogP contribution in [0.2, 0.25) is 0 Å². The minimum absolute atomic E-state index is 0.0933. The summed E-state index contributed by atoms with van der Waals surface area (Å²) in [5, 5.41) is 20.2. The van der Waals surface area contributed by atoms with Gasteiger partial charge in [0.15, 0.2) is 0 Å². The molecule has 0 bridgehead atoms. The van der Waals surface area contributed by atoms with Crippen LogP contribution in [0.4, 0.5) is 4.39 Å². The molecular formula is C27H32FNO4. The Labute approximate surface area is 194 Å². The van der Waals surface area contributed by atoms with E-state index in [0.717, 1.165) is 27.7 Å². The van der Waals surface area contributed by atoms with E-state index in [1.54, 1.807) is 12.1 Å². The molecule has 3 aromatic rings. The van der Waals surface area contributed by atoms with Crippen molar-refractivity contribution >= 4 is 22.9 Å². The highest BCUT2D eigenvalue weighted by Crippen LogP contribution is 2.38. The van der Waals surface area contributed by atoms with Gasteiger partial charge in [-0.25, -0.2) is 4.39 Å². The Balaban J connectivity index is 2.12. The summed E-state index contributed by atoms with van der Waals surface area (Å²) < 4.78 is 21.8. The smallest absolute Gasteiger partial charge is 0.305 e. The predicted octanol–water partition coefficient (Wildman–Crippen LogP) is 6.06. The lowest BCUT2D eigenvalue weighted by molar-refractivity contribution is -0.139. The van der Waals surface area contributed by atoms with Crippen LogP contribution >= 0.6 is 0 Å². The largest absolute Gasteiger partial charge is 0.481 e. The Bertz CT molecular complexity index is 1120. The molecule has 2 N–H and O–H groups in total. The van der Waals surface area contributed by atoms with Crippen LogP contribution in [0.3, 0.4) is 0 Å². The van der Waals surface area contributed by atoms with Crippen LogP contribution in [-0.4, -0.2) is 39.1 Å². The summed E-state index contributed by atoms with van der Waals surface area (Å²) in [7, 11) is 0. The first-order valence-corrected chi connectivity index (χ1v) is 11.3. The highest BCUT2D eigenvalue weighted by atomic mass is 19.1. The molecule has 33 heavy (non-hydrogen) atoms. The molecule has 5 nitrogen and oxygen atoms in total. The van der Waals surface area contributed by atoms with Gasteiger partial charge in [0.25, 0.3) is 0 Å². The number of carbonyl (C=O) groups is 1. The number of aromatic nitrogens is 1. The van der Waals surface area contributed by atoms with Crippen LogP contribution in [0.1, 0.15) is 52.3 Å². The Morgan fingerprint density at radius 3 is 2.36 bits per heavy atom. The quantitative estimate of drug-likeness (QED) is 0.391. The number of aliphatic hydroxyl groups excluding tert-OH is 1. The molecule has 0 radical (unpaired) electrons. The molecule has 3 rings (SSSR count). The number of halogens is 1. The van der Waals surface area contributed by atoms with Gasteiger partial charge < -0.3 is 19.5 Å². The Hall–Kier alpha value is -2.96. The van der Waals surface area contributed by atoms with Crippen molar-refractivity contribution in [2.75, 3.05) is 0 Å². The van der Waals surface area contributed by atoms with E-state index in [1.807, 2.05) is 38.1 Å². The molecule has 176 valence electrons. The van der Waals surface area contributed by atoms with E-state index >= 15 is 0 Å². The Morgan fingerprint density at radius 1 is 1.09 bits per heavy atom. The minimum atomic E-state index is -1.05. The van der Waals surface area contributed by atoms with Crippen LogP contribution in [-0.2, 0) is 9.53 Å². The summed E-state index contributed by atoms with van der Waals surface area (Å²) in [6.07, 6.45) is 2.13. The minimum Gasteiger partial charge on any atom is -0.481 e. The Morgan fingerprint density at radius 2 is 1.76 bits per heavy atom. The predicted molar refractivity (Wildman–Crippen MR) is 130 cm³/mol. The van der Waals surface area contributed by atoms with Gasteiger partial charge in [-0.15, -0.1) is 0 Å². The van der Waals surface area contributed by atoms with E-state index in [9.17, 15) is 14.3 Å². The van der Waals surface area contributed by atoms with Gasteiger partial charge in [-0.05, 0) is 57.5 Å². The number of fused-ring (bicyclic) bond motifs is 1. The molecule has 0 aliphatic heterocycles. The highest BCUT2D eigenvalue weighted by Gasteiger charge is 2.21. The van der Waals surface area contributed by atoms with Gasteiger partial charge in [-0.3, -0.25) is 4.79 Å². The van der Waals surface area contributed by atoms with E-state index in [0.29, 0.717) is 0 Å². The van der Waals surface area contributed by atoms with Gasteiger partial charge >= 0.3 is 5.97 Å². The third-order valence-electron chi connectivity index (χ3n) is 5.43. The van der Waals surface area contributed by atoms with Crippen molar-refractivity contribution in [2.24, 2.45) is 0 Å². The maximum Gasteiger partial charge on any atom is 0.305 e. The number of hydrogen-bond acceptors (Lipinski definition) is 3. The monoisotopic (exact) mass is 453 g/mol. The topological polar surface area (TPSA) is 71.7 Å². The second-order valence-electron chi connectivity index (χ2n) is 8.82. The fourth-order valence-electron chi connectivity index (χ4n) is 4.20. The lowest BCUT2D eigenvalue weighted by Crippen LogP contribution is -2.24. The third-order valence-corrected chi connectivity index (χ3v) is 5.43. The van der Waals surface area contributed by atoms with Gasteiger partial charge in [0.05, 0.1) is 24.7 Å². The Kier molecular flexibility index (Phi) is 8.06. The summed E-state index contributed by atoms with van der Waals surface area (Å²) in [5.74, 6) is -1.34. The first kappa shape index (κ1) is 24.7. The van der Waals surface area contributed by atoms with Crippen molar-refractivity contribution in [3.05, 3.63) is 66.1 Å². The highest BCUT2D eigenvalue weighted by molar-refractivity contribution is 6.01. The van der Waals surface area contributed by atoms with Gasteiger partial charge in [0.1, 0.15) is 5.82 Å². The van der Waals surface area contributed by atoms with Crippen LogP contribution in [0.25, 0.3) is 28.1 Å². The standard InChI is InChI=1S/C27H32FNO4/c1-17(2)29-24-8-6-5-7-23(24)27(19-9-11-20(28)12-10-19)25(29)14-13-22(33-18(3)4)15-21(30)16-26(31)32/h5-14,17-18,21-22,30H,15-16H2,1-4H3,(H,31,32)/b14-13+. The number of aliphatic hydroxyl groups is 1. The first-order chi connectivity index (χ1) is 15.7. The molecule has 0 spiro atoms. The number of carboxylic acid groups (broad SMARTS) is 1. The van der Waals surface area contributed by atoms with Crippen molar-refractivity contribution in [1.82, 2.24) is 4.57 Å². The van der Waals surface area contributed by atoms with Crippen LogP contribution in [0.5, 0.6) is 0 Å². The number of hydrogen-bond donors (Lipinski definition) is 2. The average molecular weight is 454 g/mol. The fraction of sp³-hybridized carbons (Fsp3) is 0.370. The molecule has 0 amide bonds. The van der Waals surface area contributed by atoms with Gasteiger partial charge in [0, 0.05) is 34.6 Å². The van der Waals surface area contributed by atoms with E-state index in [1.165, 1.54) is 12.1 Å². The van der Waals surface area contributed by atoms with Crippen molar-refractivity contribution in [2.45, 2.75) is 64.9 Å². The molecule has 2 unspecified atom stereocenters. The van der Waals surface area contributed by atoms with Crippen molar-refractivity contribution in [3.63, 3.8) is 0 Å². The molecule has 1 heterocycles. The van der Waals surface area contributed by atoms with E-state index in [4.69, 9.17) is 9.84 Å². The van der Waals surface area contributed by atoms with Gasteiger partial charge in [-0.2, -0.15) is 0 Å². The molecule has 2 aromatic carbocycles. The van der Waals surface area contributed by atoms with Crippen LogP contribution < -0.4 is 0 Å². The molecule has 0 saturated heterocycles. The molecule has 0 aliphatic rings. The fourth-order valence-corrected chi connectivity index (χ4v) is 4.20. The van der Waals surface area contributed by atoms with E-state index in [-0.39, 0.29) is 30.8 Å². The lowest BCUT2D eigenvalue weighted by atomic mass is 10.0. The number of benzene rings is 2. The van der Waals surface area contributed by atoms with Crippen molar-refractivity contribution in [1.29, 1.82) is 0 Å². The van der Waals surface area contributed by atoms with E-state index in [2.05, 4.69) is 30.5 Å². The maximum atomic E-state index is 13.6. The second kappa shape index (κ2) is 10.8. The summed E-state index contributed by atoms with van der Waals surface area (Å²) in [6.45, 7) is 8.02. The molecular weight excluding hydrogens is 421 g/mol. The second-order valence-corrected chi connectivity index (χ2v) is 8.82. The number of carboxylic acids is 1. The summed E-state index contributed by atoms with van der Waals surface area (Å²) in [5.41, 5.74) is 3.91. The van der Waals surface area contributed by atoms with Crippen molar-refractivity contribution in [3.8, 4) is 11.1 Å². The molecule has 0 aliphatic carbocycles. The normalized spacial score (nSPS) is 13.9. The zero-order chi connectivity index (χ0) is 24.1. The summed E-state index contributed by atoms with van der Waals surface area (Å²) in [4.78, 5) is 11.0. The summed E-state index contributed by atoms with van der Waals surface area (Å²) in [6, 6.07) is 14.7. The van der Waals surface area contributed by atoms with E-state index < -0.39 is 18.2 Å². The average Bonchev–Trinajstić information content (AvgIpc) is 3.06. The zero-order valence-electron chi connectivity index (χ0n) is 19.5. The number of rotatable bonds is 10.